The van der Waals surface area contributed by atoms with Crippen LogP contribution in [-0.2, 0) is 5.41 Å². The molecule has 1 aliphatic carbocycles. The summed E-state index contributed by atoms with van der Waals surface area (Å²) in [4.78, 5) is 11.8. The summed E-state index contributed by atoms with van der Waals surface area (Å²) in [6.45, 7) is 4.45. The second-order valence-electron chi connectivity index (χ2n) is 4.71. The van der Waals surface area contributed by atoms with Crippen molar-refractivity contribution in [3.05, 3.63) is 35.4 Å². The van der Waals surface area contributed by atoms with Gasteiger partial charge in [-0.15, -0.1) is 0 Å². The molecule has 1 aromatic rings. The first-order valence-corrected chi connectivity index (χ1v) is 5.24. The van der Waals surface area contributed by atoms with Crippen molar-refractivity contribution < 1.29 is 4.79 Å². The van der Waals surface area contributed by atoms with E-state index in [1.165, 1.54) is 5.56 Å². The van der Waals surface area contributed by atoms with Crippen molar-refractivity contribution in [3.8, 4) is 0 Å². The smallest absolute Gasteiger partial charge is 0.163 e. The zero-order chi connectivity index (χ0) is 10.2. The molecule has 1 nitrogen and oxygen atoms in total. The highest BCUT2D eigenvalue weighted by atomic mass is 16.1. The summed E-state index contributed by atoms with van der Waals surface area (Å²) in [7, 11) is 0. The molecule has 0 fully saturated rings. The van der Waals surface area contributed by atoms with Gasteiger partial charge in [0.05, 0.1) is 0 Å². The third kappa shape index (κ3) is 1.47. The quantitative estimate of drug-likeness (QED) is 0.571. The highest BCUT2D eigenvalue weighted by Gasteiger charge is 2.28. The summed E-state index contributed by atoms with van der Waals surface area (Å²) in [5, 5.41) is 0. The topological polar surface area (TPSA) is 17.1 Å². The molecule has 1 aromatic carbocycles. The highest BCUT2D eigenvalue weighted by molar-refractivity contribution is 5.98. The summed E-state index contributed by atoms with van der Waals surface area (Å²) < 4.78 is 0. The molecule has 0 saturated heterocycles. The Morgan fingerprint density at radius 1 is 1.21 bits per heavy atom. The largest absolute Gasteiger partial charge is 0.294 e. The number of Topliss-reactive ketones (excluding diaryl/α,β-unsaturated/α-hetero) is 1. The molecule has 0 heterocycles. The Labute approximate surface area is 85.1 Å². The summed E-state index contributed by atoms with van der Waals surface area (Å²) in [6, 6.07) is 8.04. The number of rotatable bonds is 0. The van der Waals surface area contributed by atoms with Gasteiger partial charge in [-0.1, -0.05) is 38.1 Å². The SMILES string of the molecule is CC1(C)CCCC(=O)c2ccccc21. The minimum Gasteiger partial charge on any atom is -0.294 e. The Bertz CT molecular complexity index is 363. The Balaban J connectivity index is 2.59. The zero-order valence-corrected chi connectivity index (χ0v) is 8.84. The van der Waals surface area contributed by atoms with Crippen LogP contribution in [0.25, 0.3) is 0 Å². The van der Waals surface area contributed by atoms with Gasteiger partial charge in [0.15, 0.2) is 5.78 Å². The van der Waals surface area contributed by atoms with Gasteiger partial charge in [0.25, 0.3) is 0 Å². The van der Waals surface area contributed by atoms with Crippen molar-refractivity contribution in [2.75, 3.05) is 0 Å². The number of hydrogen-bond acceptors (Lipinski definition) is 1. The van der Waals surface area contributed by atoms with Crippen LogP contribution in [0.4, 0.5) is 0 Å². The van der Waals surface area contributed by atoms with Gasteiger partial charge in [-0.3, -0.25) is 4.79 Å². The normalized spacial score (nSPS) is 20.0. The molecule has 1 aliphatic rings. The van der Waals surface area contributed by atoms with Crippen molar-refractivity contribution in [2.24, 2.45) is 0 Å². The molecule has 0 radical (unpaired) electrons. The van der Waals surface area contributed by atoms with Crippen molar-refractivity contribution in [3.63, 3.8) is 0 Å². The first-order valence-electron chi connectivity index (χ1n) is 5.24. The maximum Gasteiger partial charge on any atom is 0.163 e. The van der Waals surface area contributed by atoms with Crippen molar-refractivity contribution >= 4 is 5.78 Å². The summed E-state index contributed by atoms with van der Waals surface area (Å²) >= 11 is 0. The number of fused-ring (bicyclic) bond motifs is 1. The van der Waals surface area contributed by atoms with Crippen molar-refractivity contribution in [1.82, 2.24) is 0 Å². The Hall–Kier alpha value is -1.11. The lowest BCUT2D eigenvalue weighted by Crippen LogP contribution is -2.17. The van der Waals surface area contributed by atoms with Crippen LogP contribution in [0.15, 0.2) is 24.3 Å². The highest BCUT2D eigenvalue weighted by Crippen LogP contribution is 2.35. The molecule has 0 atom stereocenters. The third-order valence-electron chi connectivity index (χ3n) is 3.16. The first-order chi connectivity index (χ1) is 6.61. The lowest BCUT2D eigenvalue weighted by Gasteiger charge is -2.24. The van der Waals surface area contributed by atoms with Crippen LogP contribution in [0.5, 0.6) is 0 Å². The fraction of sp³-hybridized carbons (Fsp3) is 0.462. The number of benzene rings is 1. The molecule has 2 rings (SSSR count). The van der Waals surface area contributed by atoms with E-state index in [4.69, 9.17) is 0 Å². The minimum atomic E-state index is 0.156. The maximum atomic E-state index is 11.8. The van der Waals surface area contributed by atoms with Crippen LogP contribution in [0, 0.1) is 0 Å². The van der Waals surface area contributed by atoms with E-state index in [-0.39, 0.29) is 5.41 Å². The molecule has 0 saturated carbocycles. The Kier molecular flexibility index (Phi) is 2.18. The van der Waals surface area contributed by atoms with E-state index < -0.39 is 0 Å². The molecule has 1 heteroatoms. The molecule has 74 valence electrons. The van der Waals surface area contributed by atoms with Crippen LogP contribution < -0.4 is 0 Å². The number of carbonyl (C=O) groups excluding carboxylic acids is 1. The predicted molar refractivity (Wildman–Crippen MR) is 57.6 cm³/mol. The van der Waals surface area contributed by atoms with Crippen LogP contribution in [0.3, 0.4) is 0 Å². The van der Waals surface area contributed by atoms with E-state index in [9.17, 15) is 4.79 Å². The standard InChI is InChI=1S/C13H16O/c1-13(2)9-5-8-12(14)10-6-3-4-7-11(10)13/h3-4,6-7H,5,8-9H2,1-2H3. The second-order valence-corrected chi connectivity index (χ2v) is 4.71. The van der Waals surface area contributed by atoms with Gasteiger partial charge in [0.1, 0.15) is 0 Å². The third-order valence-corrected chi connectivity index (χ3v) is 3.16. The molecule has 0 aromatic heterocycles. The molecular weight excluding hydrogens is 172 g/mol. The Morgan fingerprint density at radius 2 is 1.93 bits per heavy atom. The summed E-state index contributed by atoms with van der Waals surface area (Å²) in [5.74, 6) is 0.311. The van der Waals surface area contributed by atoms with Gasteiger partial charge in [-0.2, -0.15) is 0 Å². The lowest BCUT2D eigenvalue weighted by atomic mass is 9.80. The second kappa shape index (κ2) is 3.23. The minimum absolute atomic E-state index is 0.156. The molecule has 0 aliphatic heterocycles. The van der Waals surface area contributed by atoms with Crippen LogP contribution >= 0.6 is 0 Å². The number of carbonyl (C=O) groups is 1. The molecule has 0 amide bonds. The monoisotopic (exact) mass is 188 g/mol. The predicted octanol–water partition coefficient (Wildman–Crippen LogP) is 3.33. The zero-order valence-electron chi connectivity index (χ0n) is 8.84. The fourth-order valence-corrected chi connectivity index (χ4v) is 2.28. The summed E-state index contributed by atoms with van der Waals surface area (Å²) in [5.41, 5.74) is 2.32. The van der Waals surface area contributed by atoms with Gasteiger partial charge < -0.3 is 0 Å². The van der Waals surface area contributed by atoms with Gasteiger partial charge >= 0.3 is 0 Å². The van der Waals surface area contributed by atoms with E-state index in [2.05, 4.69) is 19.9 Å². The average molecular weight is 188 g/mol. The van der Waals surface area contributed by atoms with Crippen molar-refractivity contribution in [1.29, 1.82) is 0 Å². The van der Waals surface area contributed by atoms with E-state index in [1.807, 2.05) is 18.2 Å². The number of ketones is 1. The first kappa shape index (κ1) is 9.45. The van der Waals surface area contributed by atoms with Crippen molar-refractivity contribution in [2.45, 2.75) is 38.5 Å². The van der Waals surface area contributed by atoms with E-state index in [0.29, 0.717) is 12.2 Å². The molecule has 0 unspecified atom stereocenters. The number of hydrogen-bond donors (Lipinski definition) is 0. The van der Waals surface area contributed by atoms with E-state index in [1.54, 1.807) is 0 Å². The lowest BCUT2D eigenvalue weighted by molar-refractivity contribution is 0.0982. The Morgan fingerprint density at radius 3 is 2.71 bits per heavy atom. The molecule has 0 N–H and O–H groups in total. The molecular formula is C13H16O. The molecule has 14 heavy (non-hydrogen) atoms. The average Bonchev–Trinajstić information content (AvgIpc) is 2.27. The van der Waals surface area contributed by atoms with Crippen LogP contribution in [-0.4, -0.2) is 5.78 Å². The molecule has 0 spiro atoms. The van der Waals surface area contributed by atoms with Gasteiger partial charge in [-0.25, -0.2) is 0 Å². The van der Waals surface area contributed by atoms with E-state index in [0.717, 1.165) is 18.4 Å². The van der Waals surface area contributed by atoms with Crippen LogP contribution in [0.2, 0.25) is 0 Å². The van der Waals surface area contributed by atoms with Gasteiger partial charge in [0, 0.05) is 12.0 Å². The summed E-state index contributed by atoms with van der Waals surface area (Å²) in [6.07, 6.45) is 2.83. The van der Waals surface area contributed by atoms with Gasteiger partial charge in [-0.05, 0) is 23.8 Å². The molecule has 0 bridgehead atoms. The maximum absolute atomic E-state index is 11.8. The van der Waals surface area contributed by atoms with Gasteiger partial charge in [0.2, 0.25) is 0 Å². The van der Waals surface area contributed by atoms with E-state index >= 15 is 0 Å². The van der Waals surface area contributed by atoms with Crippen LogP contribution in [0.1, 0.15) is 49.0 Å². The fourth-order valence-electron chi connectivity index (χ4n) is 2.28.